The molecule has 0 N–H and O–H groups in total. The second-order valence-corrected chi connectivity index (χ2v) is 19.1. The summed E-state index contributed by atoms with van der Waals surface area (Å²) < 4.78 is 0. The van der Waals surface area contributed by atoms with Gasteiger partial charge < -0.3 is 0 Å². The summed E-state index contributed by atoms with van der Waals surface area (Å²) >= 11 is 0. The Labute approximate surface area is 385 Å². The van der Waals surface area contributed by atoms with E-state index in [4.69, 9.17) is 0 Å². The van der Waals surface area contributed by atoms with Gasteiger partial charge in [0.1, 0.15) is 0 Å². The molecule has 14 rings (SSSR count). The number of hydrogen-bond donors (Lipinski definition) is 0. The van der Waals surface area contributed by atoms with E-state index in [9.17, 15) is 0 Å². The van der Waals surface area contributed by atoms with Crippen LogP contribution in [0.5, 0.6) is 0 Å². The maximum absolute atomic E-state index is 2.54. The van der Waals surface area contributed by atoms with Gasteiger partial charge >= 0.3 is 0 Å². The number of hydrogen-bond acceptors (Lipinski definition) is 0. The van der Waals surface area contributed by atoms with Gasteiger partial charge in [-0.25, -0.2) is 0 Å². The Bertz CT molecular complexity index is 3640. The molecule has 0 nitrogen and oxygen atoms in total. The van der Waals surface area contributed by atoms with E-state index >= 15 is 0 Å². The minimum Gasteiger partial charge on any atom is -0.0610 e. The molecule has 0 atom stereocenters. The van der Waals surface area contributed by atoms with E-state index in [2.05, 4.69) is 218 Å². The van der Waals surface area contributed by atoms with Crippen LogP contribution >= 0.6 is 0 Å². The highest BCUT2D eigenvalue weighted by molar-refractivity contribution is 6.25. The van der Waals surface area contributed by atoms with Crippen LogP contribution < -0.4 is 0 Å². The molecule has 0 bridgehead atoms. The zero-order valence-electron chi connectivity index (χ0n) is 36.8. The predicted molar refractivity (Wildman–Crippen MR) is 285 cm³/mol. The van der Waals surface area contributed by atoms with Gasteiger partial charge in [-0.2, -0.15) is 0 Å². The largest absolute Gasteiger partial charge is 0.0610 e. The van der Waals surface area contributed by atoms with Crippen molar-refractivity contribution in [3.63, 3.8) is 0 Å². The highest BCUT2D eigenvalue weighted by atomic mass is 14.5. The zero-order valence-corrected chi connectivity index (χ0v) is 36.8. The summed E-state index contributed by atoms with van der Waals surface area (Å²) in [6.45, 7) is 0. The van der Waals surface area contributed by atoms with Gasteiger partial charge in [-0.05, 0) is 156 Å². The van der Waals surface area contributed by atoms with E-state index in [1.807, 2.05) is 0 Å². The van der Waals surface area contributed by atoms with Crippen molar-refractivity contribution < 1.29 is 0 Å². The molecule has 0 radical (unpaired) electrons. The Hall–Kier alpha value is -7.80. The van der Waals surface area contributed by atoms with Crippen molar-refractivity contribution in [3.8, 4) is 33.4 Å². The van der Waals surface area contributed by atoms with Crippen LogP contribution in [0.3, 0.4) is 0 Å². The summed E-state index contributed by atoms with van der Waals surface area (Å²) in [4.78, 5) is 0. The minimum absolute atomic E-state index is 0.0572. The van der Waals surface area contributed by atoms with Crippen molar-refractivity contribution >= 4 is 88.9 Å². The summed E-state index contributed by atoms with van der Waals surface area (Å²) in [5, 5.41) is 15.9. The molecule has 0 unspecified atom stereocenters. The van der Waals surface area contributed by atoms with Gasteiger partial charge in [0.15, 0.2) is 0 Å². The van der Waals surface area contributed by atoms with E-state index < -0.39 is 0 Å². The molecule has 310 valence electrons. The molecule has 0 saturated heterocycles. The van der Waals surface area contributed by atoms with E-state index in [0.717, 1.165) is 0 Å². The molecule has 0 heterocycles. The average Bonchev–Trinajstić information content (AvgIpc) is 3.63. The van der Waals surface area contributed by atoms with Crippen molar-refractivity contribution in [1.29, 1.82) is 0 Å². The lowest BCUT2D eigenvalue weighted by atomic mass is 9.67. The average molecular weight is 839 g/mol. The third kappa shape index (κ3) is 5.77. The fourth-order valence-corrected chi connectivity index (χ4v) is 12.3. The van der Waals surface area contributed by atoms with Gasteiger partial charge in [-0.15, -0.1) is 0 Å². The second-order valence-electron chi connectivity index (χ2n) is 19.1. The smallest absolute Gasteiger partial charge is 0.0215 e. The lowest BCUT2D eigenvalue weighted by Gasteiger charge is -2.36. The van der Waals surface area contributed by atoms with E-state index in [1.165, 1.54) is 164 Å². The van der Waals surface area contributed by atoms with Crippen molar-refractivity contribution in [1.82, 2.24) is 0 Å². The Morgan fingerprint density at radius 1 is 0.303 bits per heavy atom. The van der Waals surface area contributed by atoms with Gasteiger partial charge in [0.25, 0.3) is 0 Å². The summed E-state index contributed by atoms with van der Waals surface area (Å²) in [6, 6.07) is 73.4. The maximum Gasteiger partial charge on any atom is 0.0215 e. The molecule has 0 aliphatic heterocycles. The zero-order chi connectivity index (χ0) is 43.3. The lowest BCUT2D eigenvalue weighted by Crippen LogP contribution is -2.28. The maximum atomic E-state index is 2.54. The van der Waals surface area contributed by atoms with Crippen LogP contribution in [0.25, 0.3) is 122 Å². The highest BCUT2D eigenvalue weighted by Crippen LogP contribution is 2.57. The SMILES string of the molecule is C(=C\c1ccc2ccc3cccc4ccc1c2c34)/c1ccc(-c2ccc3c(c2)C2(CCCCC2)c2cc(-c4ccc(/C=C/c5ccc6ccc7cccc8ccc5c6c78)cc4)ccc2-3)cc1. The monoisotopic (exact) mass is 838 g/mol. The standard InChI is InChI=1S/C66H46/c1-2-38-66(39-3-1)60-40-54(44-16-10-42(11-17-44)14-20-46-22-24-52-28-26-48-6-4-8-50-30-34-56(46)64(52)62(48)50)32-36-58(60)59-37-33-55(41-61(59)66)45-18-12-43(13-19-45)15-21-47-23-25-53-29-27-49-7-5-9-51-31-35-57(47)65(53)63(49)51/h4-37,40-41H,1-3,38-39H2/b20-14+,21-15+. The number of benzene rings is 12. The first-order valence-electron chi connectivity index (χ1n) is 23.8. The molecule has 2 aliphatic rings. The molecule has 0 aromatic heterocycles. The van der Waals surface area contributed by atoms with Crippen molar-refractivity contribution in [3.05, 3.63) is 228 Å². The van der Waals surface area contributed by atoms with Crippen LogP contribution in [-0.2, 0) is 5.41 Å². The Balaban J connectivity index is 0.741. The third-order valence-corrected chi connectivity index (χ3v) is 15.6. The predicted octanol–water partition coefficient (Wildman–Crippen LogP) is 18.4. The lowest BCUT2D eigenvalue weighted by molar-refractivity contribution is 0.353. The molecule has 0 heteroatoms. The van der Waals surface area contributed by atoms with Gasteiger partial charge in [0, 0.05) is 5.41 Å². The summed E-state index contributed by atoms with van der Waals surface area (Å²) in [5.41, 5.74) is 16.0. The first-order valence-corrected chi connectivity index (χ1v) is 23.8. The van der Waals surface area contributed by atoms with Crippen LogP contribution in [0.1, 0.15) is 65.5 Å². The molecule has 1 saturated carbocycles. The highest BCUT2D eigenvalue weighted by Gasteiger charge is 2.44. The molecule has 1 fully saturated rings. The fraction of sp³-hybridized carbons (Fsp3) is 0.0909. The van der Waals surface area contributed by atoms with E-state index in [0.29, 0.717) is 0 Å². The van der Waals surface area contributed by atoms with E-state index in [-0.39, 0.29) is 5.41 Å². The fourth-order valence-electron chi connectivity index (χ4n) is 12.3. The molecule has 1 spiro atoms. The topological polar surface area (TPSA) is 0 Å². The number of fused-ring (bicyclic) bond motifs is 5. The van der Waals surface area contributed by atoms with Gasteiger partial charge in [0.05, 0.1) is 0 Å². The Kier molecular flexibility index (Phi) is 8.32. The Morgan fingerprint density at radius 2 is 0.682 bits per heavy atom. The van der Waals surface area contributed by atoms with Crippen LogP contribution in [0.2, 0.25) is 0 Å². The van der Waals surface area contributed by atoms with Gasteiger partial charge in [-0.3, -0.25) is 0 Å². The molecule has 0 amide bonds. The van der Waals surface area contributed by atoms with Crippen LogP contribution in [0.4, 0.5) is 0 Å². The molecule has 12 aromatic rings. The van der Waals surface area contributed by atoms with Crippen LogP contribution in [0, 0.1) is 0 Å². The molecule has 12 aromatic carbocycles. The first-order chi connectivity index (χ1) is 32.6. The van der Waals surface area contributed by atoms with Crippen LogP contribution in [0.15, 0.2) is 194 Å². The number of rotatable bonds is 6. The summed E-state index contributed by atoms with van der Waals surface area (Å²) in [5.74, 6) is 0. The molecular weight excluding hydrogens is 793 g/mol. The third-order valence-electron chi connectivity index (χ3n) is 15.6. The molecular formula is C66H46. The van der Waals surface area contributed by atoms with Gasteiger partial charge in [0.2, 0.25) is 0 Å². The summed E-state index contributed by atoms with van der Waals surface area (Å²) in [6.07, 6.45) is 15.4. The van der Waals surface area contributed by atoms with E-state index in [1.54, 1.807) is 0 Å². The second kappa shape index (κ2) is 14.6. The van der Waals surface area contributed by atoms with Crippen molar-refractivity contribution in [2.75, 3.05) is 0 Å². The first kappa shape index (κ1) is 37.6. The molecule has 2 aliphatic carbocycles. The van der Waals surface area contributed by atoms with Crippen LogP contribution in [-0.4, -0.2) is 0 Å². The summed E-state index contributed by atoms with van der Waals surface area (Å²) in [7, 11) is 0. The minimum atomic E-state index is 0.0572. The quantitative estimate of drug-likeness (QED) is 0.116. The van der Waals surface area contributed by atoms with Crippen molar-refractivity contribution in [2.24, 2.45) is 0 Å². The normalized spacial score (nSPS) is 14.7. The van der Waals surface area contributed by atoms with Crippen molar-refractivity contribution in [2.45, 2.75) is 37.5 Å². The Morgan fingerprint density at radius 3 is 1.12 bits per heavy atom. The molecule has 66 heavy (non-hydrogen) atoms. The van der Waals surface area contributed by atoms with Gasteiger partial charge in [-0.1, -0.05) is 226 Å².